The molecule has 0 saturated heterocycles. The van der Waals surface area contributed by atoms with Crippen molar-refractivity contribution < 1.29 is 19.1 Å². The quantitative estimate of drug-likeness (QED) is 0.472. The van der Waals surface area contributed by atoms with E-state index in [1.165, 1.54) is 25.6 Å². The third-order valence-corrected chi connectivity index (χ3v) is 5.73. The summed E-state index contributed by atoms with van der Waals surface area (Å²) in [6.45, 7) is 2.48. The minimum atomic E-state index is -0.417. The second-order valence-electron chi connectivity index (χ2n) is 7.12. The first-order chi connectivity index (χ1) is 15.5. The van der Waals surface area contributed by atoms with Crippen LogP contribution in [0.1, 0.15) is 33.6 Å². The number of thiophene rings is 1. The highest BCUT2D eigenvalue weighted by Gasteiger charge is 2.17. The van der Waals surface area contributed by atoms with Crippen LogP contribution in [0.5, 0.6) is 11.5 Å². The number of hydrogen-bond donors (Lipinski definition) is 2. The highest BCUT2D eigenvalue weighted by Crippen LogP contribution is 2.27. The molecule has 0 saturated carbocycles. The second-order valence-corrected chi connectivity index (χ2v) is 8.10. The first-order valence-corrected chi connectivity index (χ1v) is 11.0. The SMILES string of the molecule is COc1ccc(C(=O)N/C(=C\c2cccs2)C(=O)NC[C@@H](C)c2ccccc2)cc1OC. The average molecular weight is 451 g/mol. The lowest BCUT2D eigenvalue weighted by molar-refractivity contribution is -0.117. The molecule has 0 fully saturated rings. The van der Waals surface area contributed by atoms with E-state index >= 15 is 0 Å². The van der Waals surface area contributed by atoms with Gasteiger partial charge in [-0.25, -0.2) is 0 Å². The lowest BCUT2D eigenvalue weighted by atomic mass is 10.0. The summed E-state index contributed by atoms with van der Waals surface area (Å²) in [5, 5.41) is 7.58. The van der Waals surface area contributed by atoms with Gasteiger partial charge >= 0.3 is 0 Å². The Morgan fingerprint density at radius 1 is 1.00 bits per heavy atom. The van der Waals surface area contributed by atoms with Crippen LogP contribution in [0.3, 0.4) is 0 Å². The fourth-order valence-electron chi connectivity index (χ4n) is 3.09. The molecule has 2 amide bonds. The maximum absolute atomic E-state index is 13.0. The van der Waals surface area contributed by atoms with Crippen LogP contribution < -0.4 is 20.1 Å². The van der Waals surface area contributed by atoms with E-state index in [9.17, 15) is 9.59 Å². The maximum Gasteiger partial charge on any atom is 0.267 e. The topological polar surface area (TPSA) is 76.7 Å². The van der Waals surface area contributed by atoms with Crippen LogP contribution in [-0.4, -0.2) is 32.6 Å². The zero-order chi connectivity index (χ0) is 22.9. The Bertz CT molecular complexity index is 1080. The molecule has 32 heavy (non-hydrogen) atoms. The van der Waals surface area contributed by atoms with Gasteiger partial charge in [0.1, 0.15) is 5.70 Å². The van der Waals surface area contributed by atoms with Gasteiger partial charge in [0.05, 0.1) is 14.2 Å². The molecule has 6 nitrogen and oxygen atoms in total. The van der Waals surface area contributed by atoms with Crippen molar-refractivity contribution in [3.8, 4) is 11.5 Å². The first kappa shape index (κ1) is 23.1. The molecule has 2 N–H and O–H groups in total. The van der Waals surface area contributed by atoms with Gasteiger partial charge in [-0.1, -0.05) is 43.3 Å². The second kappa shape index (κ2) is 11.2. The Balaban J connectivity index is 1.76. The van der Waals surface area contributed by atoms with Gasteiger partial charge < -0.3 is 20.1 Å². The highest BCUT2D eigenvalue weighted by molar-refractivity contribution is 7.10. The molecule has 0 radical (unpaired) electrons. The van der Waals surface area contributed by atoms with Crippen molar-refractivity contribution in [2.45, 2.75) is 12.8 Å². The van der Waals surface area contributed by atoms with E-state index in [4.69, 9.17) is 9.47 Å². The Hall–Kier alpha value is -3.58. The van der Waals surface area contributed by atoms with E-state index in [0.717, 1.165) is 10.4 Å². The van der Waals surface area contributed by atoms with E-state index in [1.54, 1.807) is 24.3 Å². The molecule has 2 aromatic carbocycles. The van der Waals surface area contributed by atoms with Crippen molar-refractivity contribution in [1.82, 2.24) is 10.6 Å². The summed E-state index contributed by atoms with van der Waals surface area (Å²) in [5.41, 5.74) is 1.66. The molecular weight excluding hydrogens is 424 g/mol. The molecular formula is C25H26N2O4S. The monoisotopic (exact) mass is 450 g/mol. The number of amides is 2. The average Bonchev–Trinajstić information content (AvgIpc) is 3.35. The van der Waals surface area contributed by atoms with E-state index in [-0.39, 0.29) is 17.5 Å². The molecule has 3 aromatic rings. The van der Waals surface area contributed by atoms with Crippen molar-refractivity contribution in [2.24, 2.45) is 0 Å². The van der Waals surface area contributed by atoms with Gasteiger partial charge in [-0.15, -0.1) is 11.3 Å². The third kappa shape index (κ3) is 5.98. The summed E-state index contributed by atoms with van der Waals surface area (Å²) in [6.07, 6.45) is 1.67. The van der Waals surface area contributed by atoms with Crippen LogP contribution in [0, 0.1) is 0 Å². The molecule has 3 rings (SSSR count). The molecule has 1 aromatic heterocycles. The molecule has 0 unspecified atom stereocenters. The van der Waals surface area contributed by atoms with Gasteiger partial charge in [0.15, 0.2) is 11.5 Å². The molecule has 0 bridgehead atoms. The van der Waals surface area contributed by atoms with Crippen molar-refractivity contribution in [1.29, 1.82) is 0 Å². The van der Waals surface area contributed by atoms with Crippen LogP contribution >= 0.6 is 11.3 Å². The van der Waals surface area contributed by atoms with Gasteiger partial charge in [-0.2, -0.15) is 0 Å². The lowest BCUT2D eigenvalue weighted by Crippen LogP contribution is -2.36. The van der Waals surface area contributed by atoms with Crippen LogP contribution in [0.25, 0.3) is 6.08 Å². The van der Waals surface area contributed by atoms with Crippen LogP contribution in [0.2, 0.25) is 0 Å². The van der Waals surface area contributed by atoms with Crippen LogP contribution in [-0.2, 0) is 4.79 Å². The molecule has 0 aliphatic rings. The number of methoxy groups -OCH3 is 2. The molecule has 1 heterocycles. The zero-order valence-corrected chi connectivity index (χ0v) is 19.1. The maximum atomic E-state index is 13.0. The Morgan fingerprint density at radius 3 is 2.41 bits per heavy atom. The predicted molar refractivity (Wildman–Crippen MR) is 127 cm³/mol. The molecule has 0 aliphatic heterocycles. The Kier molecular flexibility index (Phi) is 8.05. The number of hydrogen-bond acceptors (Lipinski definition) is 5. The fraction of sp³-hybridized carbons (Fsp3) is 0.200. The van der Waals surface area contributed by atoms with Crippen LogP contribution in [0.4, 0.5) is 0 Å². The fourth-order valence-corrected chi connectivity index (χ4v) is 3.74. The summed E-state index contributed by atoms with van der Waals surface area (Å²) >= 11 is 1.48. The summed E-state index contributed by atoms with van der Waals surface area (Å²) in [5.74, 6) is 0.316. The Labute approximate surface area is 191 Å². The molecule has 7 heteroatoms. The first-order valence-electron chi connectivity index (χ1n) is 10.1. The lowest BCUT2D eigenvalue weighted by Gasteiger charge is -2.15. The third-order valence-electron chi connectivity index (χ3n) is 4.91. The van der Waals surface area contributed by atoms with Gasteiger partial charge in [0.25, 0.3) is 11.8 Å². The van der Waals surface area contributed by atoms with E-state index in [0.29, 0.717) is 23.6 Å². The number of carbonyl (C=O) groups excluding carboxylic acids is 2. The van der Waals surface area contributed by atoms with Crippen LogP contribution in [0.15, 0.2) is 71.7 Å². The van der Waals surface area contributed by atoms with E-state index < -0.39 is 5.91 Å². The summed E-state index contributed by atoms with van der Waals surface area (Å²) in [7, 11) is 3.03. The zero-order valence-electron chi connectivity index (χ0n) is 18.3. The minimum Gasteiger partial charge on any atom is -0.493 e. The molecule has 1 atom stereocenters. The van der Waals surface area contributed by atoms with Crippen molar-refractivity contribution in [2.75, 3.05) is 20.8 Å². The normalized spacial score (nSPS) is 12.0. The van der Waals surface area contributed by atoms with E-state index in [1.807, 2.05) is 54.8 Å². The molecule has 0 spiro atoms. The highest BCUT2D eigenvalue weighted by atomic mass is 32.1. The number of carbonyl (C=O) groups is 2. The van der Waals surface area contributed by atoms with Gasteiger partial charge in [0.2, 0.25) is 0 Å². The number of rotatable bonds is 9. The largest absolute Gasteiger partial charge is 0.493 e. The number of benzene rings is 2. The van der Waals surface area contributed by atoms with Gasteiger partial charge in [-0.3, -0.25) is 9.59 Å². The minimum absolute atomic E-state index is 0.129. The van der Waals surface area contributed by atoms with Gasteiger partial charge in [-0.05, 0) is 47.2 Å². The Morgan fingerprint density at radius 2 is 1.75 bits per heavy atom. The summed E-state index contributed by atoms with van der Waals surface area (Å²) in [6, 6.07) is 18.6. The standard InChI is InChI=1S/C25H26N2O4S/c1-17(18-8-5-4-6-9-18)16-26-25(29)21(15-20-10-7-13-32-20)27-24(28)19-11-12-22(30-2)23(14-19)31-3/h4-15,17H,16H2,1-3H3,(H,26,29)(H,27,28)/b21-15-/t17-/m1/s1. The van der Waals surface area contributed by atoms with Crippen molar-refractivity contribution >= 4 is 29.2 Å². The summed E-state index contributed by atoms with van der Waals surface area (Å²) in [4.78, 5) is 26.7. The van der Waals surface area contributed by atoms with Gasteiger partial charge in [0, 0.05) is 17.0 Å². The number of nitrogens with one attached hydrogen (secondary N) is 2. The smallest absolute Gasteiger partial charge is 0.267 e. The molecule has 166 valence electrons. The van der Waals surface area contributed by atoms with Crippen molar-refractivity contribution in [3.05, 3.63) is 87.7 Å². The van der Waals surface area contributed by atoms with E-state index in [2.05, 4.69) is 10.6 Å². The van der Waals surface area contributed by atoms with Crippen molar-refractivity contribution in [3.63, 3.8) is 0 Å². The molecule has 0 aliphatic carbocycles. The predicted octanol–water partition coefficient (Wildman–Crippen LogP) is 4.46. The summed E-state index contributed by atoms with van der Waals surface area (Å²) < 4.78 is 10.5. The number of ether oxygens (including phenoxy) is 2.